The number of nitrogens with one attached hydrogen (secondary N) is 2. The normalized spacial score (nSPS) is 10.2. The molecule has 1 aromatic heterocycles. The van der Waals surface area contributed by atoms with Crippen molar-refractivity contribution in [2.24, 2.45) is 0 Å². The molecule has 2 rings (SSSR count). The molecule has 0 fully saturated rings. The third kappa shape index (κ3) is 4.42. The minimum Gasteiger partial charge on any atom is -0.494 e. The van der Waals surface area contributed by atoms with Gasteiger partial charge in [-0.25, -0.2) is 0 Å². The molecule has 0 atom stereocenters. The summed E-state index contributed by atoms with van der Waals surface area (Å²) in [4.78, 5) is 11.8. The van der Waals surface area contributed by atoms with Gasteiger partial charge in [0, 0.05) is 24.9 Å². The fourth-order valence-corrected chi connectivity index (χ4v) is 1.88. The highest BCUT2D eigenvalue weighted by atomic mass is 16.5. The highest BCUT2D eigenvalue weighted by Gasteiger charge is 2.03. The van der Waals surface area contributed by atoms with Crippen LogP contribution in [0.25, 0.3) is 0 Å². The first-order chi connectivity index (χ1) is 9.78. The molecule has 0 bridgehead atoms. The Hall–Kier alpha value is -2.30. The molecule has 1 aromatic carbocycles. The van der Waals surface area contributed by atoms with Crippen molar-refractivity contribution >= 4 is 5.91 Å². The third-order valence-corrected chi connectivity index (χ3v) is 2.87. The minimum absolute atomic E-state index is 0.0219. The van der Waals surface area contributed by atoms with Gasteiger partial charge in [-0.2, -0.15) is 5.10 Å². The fourth-order valence-electron chi connectivity index (χ4n) is 1.88. The highest BCUT2D eigenvalue weighted by Crippen LogP contribution is 2.12. The molecule has 2 N–H and O–H groups in total. The Kier molecular flexibility index (Phi) is 5.17. The Morgan fingerprint density at radius 3 is 2.75 bits per heavy atom. The van der Waals surface area contributed by atoms with E-state index in [0.29, 0.717) is 19.6 Å². The van der Waals surface area contributed by atoms with Crippen molar-refractivity contribution in [1.82, 2.24) is 15.5 Å². The van der Waals surface area contributed by atoms with Crippen LogP contribution in [0.2, 0.25) is 0 Å². The number of H-pyrrole nitrogens is 1. The molecule has 106 valence electrons. The molecule has 0 saturated heterocycles. The van der Waals surface area contributed by atoms with Gasteiger partial charge in [-0.3, -0.25) is 9.89 Å². The van der Waals surface area contributed by atoms with Gasteiger partial charge in [-0.15, -0.1) is 0 Å². The van der Waals surface area contributed by atoms with Crippen LogP contribution in [-0.4, -0.2) is 29.3 Å². The van der Waals surface area contributed by atoms with Gasteiger partial charge in [-0.05, 0) is 30.7 Å². The SMILES string of the molecule is CCOc1ccc(CC(=O)NCCc2ccn[nH]2)cc1. The molecule has 0 aliphatic heterocycles. The molecule has 5 nitrogen and oxygen atoms in total. The van der Waals surface area contributed by atoms with Crippen LogP contribution in [0.15, 0.2) is 36.5 Å². The molecule has 0 radical (unpaired) electrons. The van der Waals surface area contributed by atoms with E-state index in [1.54, 1.807) is 6.20 Å². The second-order valence-electron chi connectivity index (χ2n) is 4.44. The van der Waals surface area contributed by atoms with Crippen molar-refractivity contribution in [2.75, 3.05) is 13.2 Å². The van der Waals surface area contributed by atoms with Crippen molar-refractivity contribution in [2.45, 2.75) is 19.8 Å². The van der Waals surface area contributed by atoms with Gasteiger partial charge in [0.15, 0.2) is 0 Å². The summed E-state index contributed by atoms with van der Waals surface area (Å²) in [5, 5.41) is 9.62. The van der Waals surface area contributed by atoms with Crippen molar-refractivity contribution < 1.29 is 9.53 Å². The van der Waals surface area contributed by atoms with E-state index in [4.69, 9.17) is 4.74 Å². The molecule has 0 saturated carbocycles. The zero-order valence-corrected chi connectivity index (χ0v) is 11.6. The topological polar surface area (TPSA) is 67.0 Å². The van der Waals surface area contributed by atoms with Crippen molar-refractivity contribution in [3.05, 3.63) is 47.8 Å². The molecule has 0 unspecified atom stereocenters. The number of hydrogen-bond acceptors (Lipinski definition) is 3. The van der Waals surface area contributed by atoms with Gasteiger partial charge in [0.05, 0.1) is 13.0 Å². The molecular formula is C15H19N3O2. The molecular weight excluding hydrogens is 254 g/mol. The lowest BCUT2D eigenvalue weighted by Gasteiger charge is -2.06. The van der Waals surface area contributed by atoms with Gasteiger partial charge >= 0.3 is 0 Å². The first kappa shape index (κ1) is 14.1. The fraction of sp³-hybridized carbons (Fsp3) is 0.333. The van der Waals surface area contributed by atoms with E-state index in [1.165, 1.54) is 0 Å². The number of carbonyl (C=O) groups is 1. The molecule has 2 aromatic rings. The standard InChI is InChI=1S/C15H19N3O2/c1-2-20-14-5-3-12(4-6-14)11-15(19)16-9-7-13-8-10-17-18-13/h3-6,8,10H,2,7,9,11H2,1H3,(H,16,19)(H,17,18). The van der Waals surface area contributed by atoms with Crippen LogP contribution in [0.3, 0.4) is 0 Å². The Morgan fingerprint density at radius 2 is 2.10 bits per heavy atom. The zero-order valence-electron chi connectivity index (χ0n) is 11.6. The minimum atomic E-state index is 0.0219. The summed E-state index contributed by atoms with van der Waals surface area (Å²) in [5.41, 5.74) is 2.00. The number of aromatic nitrogens is 2. The molecule has 1 heterocycles. The predicted octanol–water partition coefficient (Wildman–Crippen LogP) is 1.71. The van der Waals surface area contributed by atoms with Crippen LogP contribution >= 0.6 is 0 Å². The van der Waals surface area contributed by atoms with E-state index >= 15 is 0 Å². The third-order valence-electron chi connectivity index (χ3n) is 2.87. The Labute approximate surface area is 118 Å². The lowest BCUT2D eigenvalue weighted by molar-refractivity contribution is -0.120. The van der Waals surface area contributed by atoms with Crippen LogP contribution in [0.5, 0.6) is 5.75 Å². The second kappa shape index (κ2) is 7.33. The van der Waals surface area contributed by atoms with Gasteiger partial charge < -0.3 is 10.1 Å². The monoisotopic (exact) mass is 273 g/mol. The lowest BCUT2D eigenvalue weighted by Crippen LogP contribution is -2.27. The Balaban J connectivity index is 1.73. The molecule has 0 aliphatic carbocycles. The number of ether oxygens (including phenoxy) is 1. The van der Waals surface area contributed by atoms with Crippen molar-refractivity contribution in [1.29, 1.82) is 0 Å². The highest BCUT2D eigenvalue weighted by molar-refractivity contribution is 5.78. The van der Waals surface area contributed by atoms with Crippen LogP contribution in [0.1, 0.15) is 18.2 Å². The number of amides is 1. The van der Waals surface area contributed by atoms with Gasteiger partial charge in [-0.1, -0.05) is 12.1 Å². The molecule has 5 heteroatoms. The first-order valence-electron chi connectivity index (χ1n) is 6.74. The Morgan fingerprint density at radius 1 is 1.30 bits per heavy atom. The number of aromatic amines is 1. The van der Waals surface area contributed by atoms with E-state index in [0.717, 1.165) is 23.4 Å². The number of hydrogen-bond donors (Lipinski definition) is 2. The smallest absolute Gasteiger partial charge is 0.224 e. The lowest BCUT2D eigenvalue weighted by atomic mass is 10.1. The summed E-state index contributed by atoms with van der Waals surface area (Å²) in [6.45, 7) is 3.20. The zero-order chi connectivity index (χ0) is 14.2. The van der Waals surface area contributed by atoms with E-state index in [-0.39, 0.29) is 5.91 Å². The summed E-state index contributed by atoms with van der Waals surface area (Å²) >= 11 is 0. The number of carbonyl (C=O) groups excluding carboxylic acids is 1. The number of nitrogens with zero attached hydrogens (tertiary/aromatic N) is 1. The van der Waals surface area contributed by atoms with E-state index in [2.05, 4.69) is 15.5 Å². The van der Waals surface area contributed by atoms with E-state index in [9.17, 15) is 4.79 Å². The average molecular weight is 273 g/mol. The predicted molar refractivity (Wildman–Crippen MR) is 76.6 cm³/mol. The Bertz CT molecular complexity index is 521. The quantitative estimate of drug-likeness (QED) is 0.807. The second-order valence-corrected chi connectivity index (χ2v) is 4.44. The maximum absolute atomic E-state index is 11.8. The molecule has 0 spiro atoms. The van der Waals surface area contributed by atoms with Crippen molar-refractivity contribution in [3.8, 4) is 5.75 Å². The van der Waals surface area contributed by atoms with Crippen LogP contribution in [-0.2, 0) is 17.6 Å². The summed E-state index contributed by atoms with van der Waals surface area (Å²) < 4.78 is 5.36. The van der Waals surface area contributed by atoms with Crippen molar-refractivity contribution in [3.63, 3.8) is 0 Å². The summed E-state index contributed by atoms with van der Waals surface area (Å²) in [7, 11) is 0. The molecule has 1 amide bonds. The molecule has 20 heavy (non-hydrogen) atoms. The number of benzene rings is 1. The maximum atomic E-state index is 11.8. The summed E-state index contributed by atoms with van der Waals surface area (Å²) in [5.74, 6) is 0.851. The largest absolute Gasteiger partial charge is 0.494 e. The van der Waals surface area contributed by atoms with Gasteiger partial charge in [0.1, 0.15) is 5.75 Å². The van der Waals surface area contributed by atoms with Crippen LogP contribution < -0.4 is 10.1 Å². The van der Waals surface area contributed by atoms with Crippen LogP contribution in [0, 0.1) is 0 Å². The maximum Gasteiger partial charge on any atom is 0.224 e. The molecule has 0 aliphatic rings. The number of rotatable bonds is 7. The first-order valence-corrected chi connectivity index (χ1v) is 6.74. The van der Waals surface area contributed by atoms with Gasteiger partial charge in [0.25, 0.3) is 0 Å². The van der Waals surface area contributed by atoms with E-state index in [1.807, 2.05) is 37.3 Å². The summed E-state index contributed by atoms with van der Waals surface area (Å²) in [6, 6.07) is 9.50. The van der Waals surface area contributed by atoms with Gasteiger partial charge in [0.2, 0.25) is 5.91 Å². The van der Waals surface area contributed by atoms with Crippen LogP contribution in [0.4, 0.5) is 0 Å². The summed E-state index contributed by atoms with van der Waals surface area (Å²) in [6.07, 6.45) is 2.85. The van der Waals surface area contributed by atoms with E-state index < -0.39 is 0 Å². The average Bonchev–Trinajstić information content (AvgIpc) is 2.94.